The minimum atomic E-state index is -0.0303. The van der Waals surface area contributed by atoms with Crippen LogP contribution in [0.1, 0.15) is 47.0 Å². The fourth-order valence-electron chi connectivity index (χ4n) is 2.18. The molecule has 1 aliphatic rings. The second kappa shape index (κ2) is 6.72. The number of ether oxygens (including phenoxy) is 2. The molecule has 1 N–H and O–H groups in total. The maximum Gasteiger partial charge on any atom is 0.0598 e. The summed E-state index contributed by atoms with van der Waals surface area (Å²) in [7, 11) is 0. The van der Waals surface area contributed by atoms with Gasteiger partial charge >= 0.3 is 0 Å². The summed E-state index contributed by atoms with van der Waals surface area (Å²) in [6.07, 6.45) is 3.45. The molecule has 1 unspecified atom stereocenters. The van der Waals surface area contributed by atoms with Crippen LogP contribution < -0.4 is 5.32 Å². The first-order valence-electron chi connectivity index (χ1n) is 6.90. The van der Waals surface area contributed by atoms with Gasteiger partial charge in [-0.25, -0.2) is 0 Å². The van der Waals surface area contributed by atoms with Crippen LogP contribution in [-0.2, 0) is 9.47 Å². The van der Waals surface area contributed by atoms with E-state index in [2.05, 4.69) is 33.0 Å². The molecule has 0 aromatic rings. The lowest BCUT2D eigenvalue weighted by atomic mass is 9.84. The Kier molecular flexibility index (Phi) is 5.90. The molecule has 1 rings (SSSR count). The Balaban J connectivity index is 2.32. The van der Waals surface area contributed by atoms with Gasteiger partial charge in [0, 0.05) is 25.2 Å². The van der Waals surface area contributed by atoms with E-state index in [9.17, 15) is 0 Å². The SMILES string of the molecule is CCCNCC1(CCOC(C)(C)C)CCOC1. The molecule has 0 bridgehead atoms. The predicted molar refractivity (Wildman–Crippen MR) is 71.4 cm³/mol. The summed E-state index contributed by atoms with van der Waals surface area (Å²) in [4.78, 5) is 0. The molecule has 0 aromatic heterocycles. The summed E-state index contributed by atoms with van der Waals surface area (Å²) >= 11 is 0. The first kappa shape index (κ1) is 14.9. The van der Waals surface area contributed by atoms with E-state index in [1.165, 1.54) is 6.42 Å². The summed E-state index contributed by atoms with van der Waals surface area (Å²) in [6.45, 7) is 13.3. The maximum absolute atomic E-state index is 5.84. The van der Waals surface area contributed by atoms with Crippen molar-refractivity contribution in [2.24, 2.45) is 5.41 Å². The second-order valence-electron chi connectivity index (χ2n) is 6.19. The molecular weight excluding hydrogens is 214 g/mol. The highest BCUT2D eigenvalue weighted by Crippen LogP contribution is 2.32. The topological polar surface area (TPSA) is 30.5 Å². The van der Waals surface area contributed by atoms with E-state index in [0.717, 1.165) is 45.8 Å². The zero-order chi connectivity index (χ0) is 12.8. The molecule has 0 spiro atoms. The lowest BCUT2D eigenvalue weighted by Gasteiger charge is -2.29. The minimum absolute atomic E-state index is 0.0303. The van der Waals surface area contributed by atoms with Crippen LogP contribution in [0, 0.1) is 5.41 Å². The first-order chi connectivity index (χ1) is 7.97. The van der Waals surface area contributed by atoms with Gasteiger partial charge < -0.3 is 14.8 Å². The van der Waals surface area contributed by atoms with Gasteiger partial charge in [-0.05, 0) is 46.6 Å². The van der Waals surface area contributed by atoms with Crippen LogP contribution >= 0.6 is 0 Å². The van der Waals surface area contributed by atoms with Gasteiger partial charge in [-0.1, -0.05) is 6.92 Å². The Morgan fingerprint density at radius 2 is 2.12 bits per heavy atom. The van der Waals surface area contributed by atoms with E-state index in [0.29, 0.717) is 5.41 Å². The maximum atomic E-state index is 5.84. The number of hydrogen-bond donors (Lipinski definition) is 1. The van der Waals surface area contributed by atoms with Crippen molar-refractivity contribution >= 4 is 0 Å². The van der Waals surface area contributed by atoms with Gasteiger partial charge in [0.25, 0.3) is 0 Å². The summed E-state index contributed by atoms with van der Waals surface area (Å²) in [5, 5.41) is 3.53. The summed E-state index contributed by atoms with van der Waals surface area (Å²) in [5.41, 5.74) is 0.276. The molecule has 3 nitrogen and oxygen atoms in total. The molecule has 1 fully saturated rings. The van der Waals surface area contributed by atoms with Crippen LogP contribution in [0.15, 0.2) is 0 Å². The van der Waals surface area contributed by atoms with Crippen molar-refractivity contribution in [2.75, 3.05) is 32.9 Å². The summed E-state index contributed by atoms with van der Waals surface area (Å²) in [6, 6.07) is 0. The molecule has 1 saturated heterocycles. The van der Waals surface area contributed by atoms with Crippen molar-refractivity contribution in [3.05, 3.63) is 0 Å². The largest absolute Gasteiger partial charge is 0.381 e. The average molecular weight is 243 g/mol. The van der Waals surface area contributed by atoms with Crippen LogP contribution in [0.3, 0.4) is 0 Å². The Morgan fingerprint density at radius 3 is 2.65 bits per heavy atom. The van der Waals surface area contributed by atoms with Crippen LogP contribution in [0.5, 0.6) is 0 Å². The van der Waals surface area contributed by atoms with Gasteiger partial charge in [0.05, 0.1) is 12.2 Å². The van der Waals surface area contributed by atoms with Crippen molar-refractivity contribution in [1.29, 1.82) is 0 Å². The van der Waals surface area contributed by atoms with Gasteiger partial charge in [-0.3, -0.25) is 0 Å². The normalized spacial score (nSPS) is 25.4. The number of nitrogens with one attached hydrogen (secondary N) is 1. The minimum Gasteiger partial charge on any atom is -0.381 e. The van der Waals surface area contributed by atoms with E-state index < -0.39 is 0 Å². The Bertz CT molecular complexity index is 205. The van der Waals surface area contributed by atoms with Crippen molar-refractivity contribution < 1.29 is 9.47 Å². The fourth-order valence-corrected chi connectivity index (χ4v) is 2.18. The molecule has 1 heterocycles. The van der Waals surface area contributed by atoms with Gasteiger partial charge in [0.2, 0.25) is 0 Å². The standard InChI is InChI=1S/C14H29NO2/c1-5-8-15-11-14(6-9-16-12-14)7-10-17-13(2,3)4/h15H,5-12H2,1-4H3. The molecular formula is C14H29NO2. The number of rotatable bonds is 7. The third-order valence-electron chi connectivity index (χ3n) is 3.28. The molecule has 0 radical (unpaired) electrons. The molecule has 0 saturated carbocycles. The lowest BCUT2D eigenvalue weighted by molar-refractivity contribution is -0.0200. The van der Waals surface area contributed by atoms with E-state index >= 15 is 0 Å². The summed E-state index contributed by atoms with van der Waals surface area (Å²) < 4.78 is 11.4. The van der Waals surface area contributed by atoms with Gasteiger partial charge in [-0.2, -0.15) is 0 Å². The third kappa shape index (κ3) is 5.84. The van der Waals surface area contributed by atoms with Crippen LogP contribution in [0.4, 0.5) is 0 Å². The summed E-state index contributed by atoms with van der Waals surface area (Å²) in [5.74, 6) is 0. The Labute approximate surface area is 106 Å². The smallest absolute Gasteiger partial charge is 0.0598 e. The van der Waals surface area contributed by atoms with Crippen molar-refractivity contribution in [2.45, 2.75) is 52.6 Å². The van der Waals surface area contributed by atoms with E-state index in [1.54, 1.807) is 0 Å². The molecule has 0 aromatic carbocycles. The molecule has 0 amide bonds. The van der Waals surface area contributed by atoms with Gasteiger partial charge in [0.1, 0.15) is 0 Å². The highest BCUT2D eigenvalue weighted by molar-refractivity contribution is 4.85. The Hall–Kier alpha value is -0.120. The predicted octanol–water partition coefficient (Wildman–Crippen LogP) is 2.60. The van der Waals surface area contributed by atoms with Crippen LogP contribution in [0.25, 0.3) is 0 Å². The van der Waals surface area contributed by atoms with Crippen molar-refractivity contribution in [3.63, 3.8) is 0 Å². The van der Waals surface area contributed by atoms with Crippen molar-refractivity contribution in [3.8, 4) is 0 Å². The molecule has 3 heteroatoms. The fraction of sp³-hybridized carbons (Fsp3) is 1.00. The Morgan fingerprint density at radius 1 is 1.35 bits per heavy atom. The van der Waals surface area contributed by atoms with Crippen LogP contribution in [0.2, 0.25) is 0 Å². The van der Waals surface area contributed by atoms with E-state index in [4.69, 9.17) is 9.47 Å². The number of hydrogen-bond acceptors (Lipinski definition) is 3. The third-order valence-corrected chi connectivity index (χ3v) is 3.28. The first-order valence-corrected chi connectivity index (χ1v) is 6.90. The molecule has 102 valence electrons. The monoisotopic (exact) mass is 243 g/mol. The quantitative estimate of drug-likeness (QED) is 0.697. The highest BCUT2D eigenvalue weighted by atomic mass is 16.5. The zero-order valence-electron chi connectivity index (χ0n) is 12.0. The average Bonchev–Trinajstić information content (AvgIpc) is 2.65. The van der Waals surface area contributed by atoms with Crippen LogP contribution in [-0.4, -0.2) is 38.5 Å². The van der Waals surface area contributed by atoms with E-state index in [1.807, 2.05) is 0 Å². The molecule has 1 atom stereocenters. The zero-order valence-corrected chi connectivity index (χ0v) is 12.0. The molecule has 17 heavy (non-hydrogen) atoms. The second-order valence-corrected chi connectivity index (χ2v) is 6.19. The molecule has 1 aliphatic heterocycles. The van der Waals surface area contributed by atoms with Gasteiger partial charge in [0.15, 0.2) is 0 Å². The van der Waals surface area contributed by atoms with Crippen molar-refractivity contribution in [1.82, 2.24) is 5.32 Å². The highest BCUT2D eigenvalue weighted by Gasteiger charge is 2.34. The van der Waals surface area contributed by atoms with Gasteiger partial charge in [-0.15, -0.1) is 0 Å². The molecule has 0 aliphatic carbocycles. The van der Waals surface area contributed by atoms with E-state index in [-0.39, 0.29) is 5.60 Å². The lowest BCUT2D eigenvalue weighted by Crippen LogP contribution is -2.37.